The third-order valence-electron chi connectivity index (χ3n) is 3.71. The van der Waals surface area contributed by atoms with Gasteiger partial charge in [-0.2, -0.15) is 0 Å². The molecule has 0 N–H and O–H groups in total. The number of methoxy groups -OCH3 is 1. The normalized spacial score (nSPS) is 20.3. The molecule has 0 aliphatic carbocycles. The molecule has 98 valence electrons. The molecule has 1 aromatic rings. The van der Waals surface area contributed by atoms with E-state index in [4.69, 9.17) is 4.74 Å². The van der Waals surface area contributed by atoms with Gasteiger partial charge in [0.25, 0.3) is 0 Å². The fraction of sp³-hybridized carbons (Fsp3) is 0.533. The largest absolute Gasteiger partial charge is 0.497 e. The van der Waals surface area contributed by atoms with Gasteiger partial charge in [0.05, 0.1) is 7.11 Å². The first-order valence-corrected chi connectivity index (χ1v) is 6.36. The predicted octanol–water partition coefficient (Wildman–Crippen LogP) is 3.09. The Labute approximate surface area is 109 Å². The average Bonchev–Trinajstić information content (AvgIpc) is 2.71. The summed E-state index contributed by atoms with van der Waals surface area (Å²) in [5.74, 6) is 1.42. The average molecular weight is 247 g/mol. The van der Waals surface area contributed by atoms with Crippen LogP contribution in [0.1, 0.15) is 27.2 Å². The van der Waals surface area contributed by atoms with Crippen LogP contribution in [0.5, 0.6) is 5.75 Å². The van der Waals surface area contributed by atoms with Crippen molar-refractivity contribution in [3.63, 3.8) is 0 Å². The van der Waals surface area contributed by atoms with Crippen molar-refractivity contribution < 1.29 is 9.53 Å². The van der Waals surface area contributed by atoms with Gasteiger partial charge in [-0.05, 0) is 23.5 Å². The second-order valence-electron chi connectivity index (χ2n) is 5.97. The van der Waals surface area contributed by atoms with E-state index in [0.717, 1.165) is 18.0 Å². The van der Waals surface area contributed by atoms with Gasteiger partial charge < -0.3 is 9.64 Å². The molecule has 0 bridgehead atoms. The lowest BCUT2D eigenvalue weighted by Crippen LogP contribution is -2.27. The lowest BCUT2D eigenvalue weighted by atomic mass is 9.80. The molecule has 1 fully saturated rings. The molecule has 1 aliphatic rings. The van der Waals surface area contributed by atoms with Crippen molar-refractivity contribution in [1.82, 2.24) is 0 Å². The molecule has 0 saturated carbocycles. The van der Waals surface area contributed by atoms with Crippen LogP contribution in [0.3, 0.4) is 0 Å². The second-order valence-corrected chi connectivity index (χ2v) is 5.97. The van der Waals surface area contributed by atoms with E-state index in [1.165, 1.54) is 0 Å². The molecule has 3 heteroatoms. The lowest BCUT2D eigenvalue weighted by molar-refractivity contribution is -0.117. The van der Waals surface area contributed by atoms with Gasteiger partial charge in [-0.3, -0.25) is 4.79 Å². The van der Waals surface area contributed by atoms with Gasteiger partial charge >= 0.3 is 0 Å². The minimum atomic E-state index is 0.170. The Morgan fingerprint density at radius 2 is 2.06 bits per heavy atom. The molecular weight excluding hydrogens is 226 g/mol. The highest BCUT2D eigenvalue weighted by atomic mass is 16.5. The molecule has 0 radical (unpaired) electrons. The first kappa shape index (κ1) is 12.9. The van der Waals surface area contributed by atoms with Crippen LogP contribution in [0.4, 0.5) is 5.69 Å². The van der Waals surface area contributed by atoms with E-state index < -0.39 is 0 Å². The maximum atomic E-state index is 12.1. The first-order valence-electron chi connectivity index (χ1n) is 6.36. The Morgan fingerprint density at radius 3 is 2.61 bits per heavy atom. The number of nitrogens with zero attached hydrogens (tertiary/aromatic N) is 1. The molecule has 1 atom stereocenters. The number of anilines is 1. The van der Waals surface area contributed by atoms with Crippen LogP contribution in [0, 0.1) is 11.3 Å². The summed E-state index contributed by atoms with van der Waals surface area (Å²) >= 11 is 0. The number of carbonyl (C=O) groups is 1. The number of carbonyl (C=O) groups excluding carboxylic acids is 1. The van der Waals surface area contributed by atoms with E-state index in [9.17, 15) is 4.79 Å². The van der Waals surface area contributed by atoms with Gasteiger partial charge in [-0.1, -0.05) is 26.8 Å². The molecule has 2 rings (SSSR count). The van der Waals surface area contributed by atoms with Crippen molar-refractivity contribution in [2.75, 3.05) is 18.6 Å². The summed E-state index contributed by atoms with van der Waals surface area (Å²) in [6, 6.07) is 7.70. The Bertz CT molecular complexity index is 448. The number of amides is 1. The molecule has 1 aromatic carbocycles. The molecule has 1 unspecified atom stereocenters. The molecule has 1 aliphatic heterocycles. The third kappa shape index (κ3) is 2.50. The topological polar surface area (TPSA) is 29.5 Å². The summed E-state index contributed by atoms with van der Waals surface area (Å²) < 4.78 is 5.21. The van der Waals surface area contributed by atoms with Crippen molar-refractivity contribution in [3.05, 3.63) is 24.3 Å². The highest BCUT2D eigenvalue weighted by molar-refractivity contribution is 5.96. The third-order valence-corrected chi connectivity index (χ3v) is 3.71. The van der Waals surface area contributed by atoms with Crippen molar-refractivity contribution in [2.24, 2.45) is 11.3 Å². The van der Waals surface area contributed by atoms with Crippen LogP contribution in [0.15, 0.2) is 24.3 Å². The van der Waals surface area contributed by atoms with Gasteiger partial charge in [0.1, 0.15) is 5.75 Å². The van der Waals surface area contributed by atoms with Crippen LogP contribution in [-0.4, -0.2) is 19.6 Å². The van der Waals surface area contributed by atoms with Crippen LogP contribution < -0.4 is 9.64 Å². The smallest absolute Gasteiger partial charge is 0.227 e. The lowest BCUT2D eigenvalue weighted by Gasteiger charge is -2.26. The van der Waals surface area contributed by atoms with E-state index in [2.05, 4.69) is 20.8 Å². The monoisotopic (exact) mass is 247 g/mol. The molecule has 0 aromatic heterocycles. The minimum Gasteiger partial charge on any atom is -0.497 e. The fourth-order valence-corrected chi connectivity index (χ4v) is 2.32. The number of benzene rings is 1. The first-order chi connectivity index (χ1) is 8.41. The molecule has 18 heavy (non-hydrogen) atoms. The SMILES string of the molecule is COc1cccc(N2CC(C(C)(C)C)CC2=O)c1. The molecule has 1 heterocycles. The van der Waals surface area contributed by atoms with Crippen molar-refractivity contribution in [1.29, 1.82) is 0 Å². The van der Waals surface area contributed by atoms with Crippen LogP contribution in [-0.2, 0) is 4.79 Å². The van der Waals surface area contributed by atoms with Crippen LogP contribution in [0.2, 0.25) is 0 Å². The maximum absolute atomic E-state index is 12.1. The van der Waals surface area contributed by atoms with E-state index in [1.807, 2.05) is 29.2 Å². The summed E-state index contributed by atoms with van der Waals surface area (Å²) in [6.45, 7) is 7.38. The Morgan fingerprint density at radius 1 is 1.33 bits per heavy atom. The Hall–Kier alpha value is -1.51. The number of ether oxygens (including phenoxy) is 1. The van der Waals surface area contributed by atoms with Gasteiger partial charge in [-0.25, -0.2) is 0 Å². The number of hydrogen-bond donors (Lipinski definition) is 0. The minimum absolute atomic E-state index is 0.170. The summed E-state index contributed by atoms with van der Waals surface area (Å²) in [5.41, 5.74) is 1.11. The van der Waals surface area contributed by atoms with Crippen molar-refractivity contribution >= 4 is 11.6 Å². The van der Waals surface area contributed by atoms with Gasteiger partial charge in [-0.15, -0.1) is 0 Å². The molecular formula is C15H21NO2. The van der Waals surface area contributed by atoms with Gasteiger partial charge in [0, 0.05) is 24.7 Å². The Balaban J connectivity index is 2.21. The van der Waals surface area contributed by atoms with Crippen LogP contribution in [0.25, 0.3) is 0 Å². The van der Waals surface area contributed by atoms with Crippen molar-refractivity contribution in [2.45, 2.75) is 27.2 Å². The summed E-state index contributed by atoms with van der Waals surface area (Å²) in [7, 11) is 1.64. The van der Waals surface area contributed by atoms with E-state index >= 15 is 0 Å². The summed E-state index contributed by atoms with van der Waals surface area (Å²) in [5, 5.41) is 0. The maximum Gasteiger partial charge on any atom is 0.227 e. The highest BCUT2D eigenvalue weighted by Gasteiger charge is 2.37. The fourth-order valence-electron chi connectivity index (χ4n) is 2.32. The van der Waals surface area contributed by atoms with Crippen LogP contribution >= 0.6 is 0 Å². The Kier molecular flexibility index (Phi) is 3.33. The van der Waals surface area contributed by atoms with Gasteiger partial charge in [0.15, 0.2) is 0 Å². The zero-order valence-electron chi connectivity index (χ0n) is 11.6. The summed E-state index contributed by atoms with van der Waals surface area (Å²) in [6.07, 6.45) is 0.640. The van der Waals surface area contributed by atoms with E-state index in [-0.39, 0.29) is 11.3 Å². The quantitative estimate of drug-likeness (QED) is 0.803. The zero-order chi connectivity index (χ0) is 13.3. The highest BCUT2D eigenvalue weighted by Crippen LogP contribution is 2.36. The number of hydrogen-bond acceptors (Lipinski definition) is 2. The van der Waals surface area contributed by atoms with Crippen molar-refractivity contribution in [3.8, 4) is 5.75 Å². The van der Waals surface area contributed by atoms with Gasteiger partial charge in [0.2, 0.25) is 5.91 Å². The second kappa shape index (κ2) is 4.63. The molecule has 1 saturated heterocycles. The predicted molar refractivity (Wildman–Crippen MR) is 72.9 cm³/mol. The summed E-state index contributed by atoms with van der Waals surface area (Å²) in [4.78, 5) is 14.0. The van der Waals surface area contributed by atoms with E-state index in [0.29, 0.717) is 12.3 Å². The molecule has 3 nitrogen and oxygen atoms in total. The number of rotatable bonds is 2. The molecule has 0 spiro atoms. The van der Waals surface area contributed by atoms with E-state index in [1.54, 1.807) is 7.11 Å². The standard InChI is InChI=1S/C15H21NO2/c1-15(2,3)11-8-14(17)16(10-11)12-6-5-7-13(9-12)18-4/h5-7,9,11H,8,10H2,1-4H3. The zero-order valence-corrected chi connectivity index (χ0v) is 11.6. The molecule has 1 amide bonds.